The van der Waals surface area contributed by atoms with Gasteiger partial charge in [0.05, 0.1) is 0 Å². The second-order valence-corrected chi connectivity index (χ2v) is 4.53. The Morgan fingerprint density at radius 2 is 2.29 bits per heavy atom. The number of nitrogens with zero attached hydrogens (tertiary/aromatic N) is 1. The predicted octanol–water partition coefficient (Wildman–Crippen LogP) is 2.45. The van der Waals surface area contributed by atoms with E-state index in [0.717, 1.165) is 6.54 Å². The van der Waals surface area contributed by atoms with Crippen LogP contribution in [0.4, 0.5) is 0 Å². The lowest BCUT2D eigenvalue weighted by atomic mass is 9.75. The van der Waals surface area contributed by atoms with Gasteiger partial charge in [0, 0.05) is 31.5 Å². The van der Waals surface area contributed by atoms with Gasteiger partial charge in [-0.05, 0) is 37.3 Å². The molecule has 1 fully saturated rings. The molecule has 2 rings (SSSR count). The maximum absolute atomic E-state index is 3.70. The molecule has 0 amide bonds. The van der Waals surface area contributed by atoms with E-state index in [4.69, 9.17) is 0 Å². The van der Waals surface area contributed by atoms with Gasteiger partial charge in [-0.2, -0.15) is 0 Å². The summed E-state index contributed by atoms with van der Waals surface area (Å²) in [6, 6.07) is 2.19. The fraction of sp³-hybridized carbons (Fsp3) is 0.667. The number of aryl methyl sites for hydroxylation is 1. The van der Waals surface area contributed by atoms with Gasteiger partial charge in [-0.15, -0.1) is 0 Å². The summed E-state index contributed by atoms with van der Waals surface area (Å²) >= 11 is 0. The fourth-order valence-corrected chi connectivity index (χ4v) is 2.21. The van der Waals surface area contributed by atoms with Crippen molar-refractivity contribution in [3.63, 3.8) is 0 Å². The van der Waals surface area contributed by atoms with Crippen molar-refractivity contribution in [2.24, 2.45) is 7.05 Å². The molecule has 1 heterocycles. The first-order valence-electron chi connectivity index (χ1n) is 5.60. The van der Waals surface area contributed by atoms with Gasteiger partial charge in [0.2, 0.25) is 0 Å². The van der Waals surface area contributed by atoms with E-state index in [2.05, 4.69) is 42.3 Å². The zero-order chi connectivity index (χ0) is 10.0. The second-order valence-electron chi connectivity index (χ2n) is 4.53. The minimum Gasteiger partial charge on any atom is -0.357 e. The van der Waals surface area contributed by atoms with Gasteiger partial charge < -0.3 is 9.88 Å². The fourth-order valence-electron chi connectivity index (χ4n) is 2.21. The standard InChI is InChI=1S/C12H20N2/c1-3-12(6-4-7-12)13-9-11-5-8-14(2)10-11/h5,8,10,13H,3-4,6-7,9H2,1-2H3. The summed E-state index contributed by atoms with van der Waals surface area (Å²) in [7, 11) is 2.07. The van der Waals surface area contributed by atoms with E-state index in [1.807, 2.05) is 0 Å². The lowest BCUT2D eigenvalue weighted by Crippen LogP contribution is -2.49. The quantitative estimate of drug-likeness (QED) is 0.775. The lowest BCUT2D eigenvalue weighted by Gasteiger charge is -2.42. The molecule has 1 aliphatic carbocycles. The summed E-state index contributed by atoms with van der Waals surface area (Å²) in [5.74, 6) is 0. The van der Waals surface area contributed by atoms with Crippen LogP contribution in [0.15, 0.2) is 18.5 Å². The average molecular weight is 192 g/mol. The largest absolute Gasteiger partial charge is 0.357 e. The summed E-state index contributed by atoms with van der Waals surface area (Å²) in [6.45, 7) is 3.31. The van der Waals surface area contributed by atoms with Crippen molar-refractivity contribution >= 4 is 0 Å². The molecule has 2 nitrogen and oxygen atoms in total. The first-order chi connectivity index (χ1) is 6.74. The zero-order valence-corrected chi connectivity index (χ0v) is 9.21. The Bertz CT molecular complexity index is 292. The van der Waals surface area contributed by atoms with E-state index in [9.17, 15) is 0 Å². The van der Waals surface area contributed by atoms with Crippen LogP contribution in [-0.4, -0.2) is 10.1 Å². The molecule has 78 valence electrons. The maximum Gasteiger partial charge on any atom is 0.0225 e. The first kappa shape index (κ1) is 9.78. The monoisotopic (exact) mass is 192 g/mol. The third-order valence-electron chi connectivity index (χ3n) is 3.55. The SMILES string of the molecule is CCC1(NCc2ccn(C)c2)CCC1. The second kappa shape index (κ2) is 3.77. The molecule has 1 aliphatic rings. The average Bonchev–Trinajstić information content (AvgIpc) is 2.50. The van der Waals surface area contributed by atoms with E-state index < -0.39 is 0 Å². The number of hydrogen-bond acceptors (Lipinski definition) is 1. The highest BCUT2D eigenvalue weighted by Crippen LogP contribution is 2.34. The van der Waals surface area contributed by atoms with Crippen molar-refractivity contribution in [3.8, 4) is 0 Å². The molecule has 0 bridgehead atoms. The normalized spacial score (nSPS) is 19.3. The molecule has 0 spiro atoms. The third-order valence-corrected chi connectivity index (χ3v) is 3.55. The van der Waals surface area contributed by atoms with E-state index in [1.165, 1.54) is 31.2 Å². The molecule has 0 radical (unpaired) electrons. The third kappa shape index (κ3) is 1.85. The van der Waals surface area contributed by atoms with Crippen LogP contribution in [0.3, 0.4) is 0 Å². The number of nitrogens with one attached hydrogen (secondary N) is 1. The van der Waals surface area contributed by atoms with Crippen molar-refractivity contribution < 1.29 is 0 Å². The number of hydrogen-bond donors (Lipinski definition) is 1. The zero-order valence-electron chi connectivity index (χ0n) is 9.21. The van der Waals surface area contributed by atoms with Gasteiger partial charge in [0.25, 0.3) is 0 Å². The van der Waals surface area contributed by atoms with Crippen LogP contribution < -0.4 is 5.32 Å². The Labute approximate surface area is 86.3 Å². The highest BCUT2D eigenvalue weighted by Gasteiger charge is 2.34. The molecule has 14 heavy (non-hydrogen) atoms. The van der Waals surface area contributed by atoms with Gasteiger partial charge in [-0.3, -0.25) is 0 Å². The summed E-state index contributed by atoms with van der Waals surface area (Å²) in [5.41, 5.74) is 1.86. The Morgan fingerprint density at radius 1 is 1.50 bits per heavy atom. The Morgan fingerprint density at radius 3 is 2.71 bits per heavy atom. The first-order valence-corrected chi connectivity index (χ1v) is 5.60. The molecular formula is C12H20N2. The van der Waals surface area contributed by atoms with Crippen LogP contribution in [-0.2, 0) is 13.6 Å². The predicted molar refractivity (Wildman–Crippen MR) is 59.1 cm³/mol. The van der Waals surface area contributed by atoms with Crippen molar-refractivity contribution in [1.82, 2.24) is 9.88 Å². The lowest BCUT2D eigenvalue weighted by molar-refractivity contribution is 0.175. The van der Waals surface area contributed by atoms with Crippen LogP contribution in [0.5, 0.6) is 0 Å². The van der Waals surface area contributed by atoms with E-state index in [0.29, 0.717) is 5.54 Å². The Kier molecular flexibility index (Phi) is 2.64. The van der Waals surface area contributed by atoms with Crippen LogP contribution in [0.2, 0.25) is 0 Å². The number of aromatic nitrogens is 1. The molecule has 1 aromatic rings. The molecule has 0 aromatic carbocycles. The van der Waals surface area contributed by atoms with Gasteiger partial charge >= 0.3 is 0 Å². The minimum absolute atomic E-state index is 0.468. The molecule has 2 heteroatoms. The van der Waals surface area contributed by atoms with Crippen LogP contribution in [0.25, 0.3) is 0 Å². The topological polar surface area (TPSA) is 17.0 Å². The number of rotatable bonds is 4. The van der Waals surface area contributed by atoms with E-state index in [-0.39, 0.29) is 0 Å². The van der Waals surface area contributed by atoms with E-state index >= 15 is 0 Å². The Hall–Kier alpha value is -0.760. The summed E-state index contributed by atoms with van der Waals surface area (Å²) < 4.78 is 2.11. The molecule has 0 atom stereocenters. The van der Waals surface area contributed by atoms with Crippen molar-refractivity contribution in [3.05, 3.63) is 24.0 Å². The highest BCUT2D eigenvalue weighted by molar-refractivity contribution is 5.10. The summed E-state index contributed by atoms with van der Waals surface area (Å²) in [5, 5.41) is 3.70. The van der Waals surface area contributed by atoms with Crippen molar-refractivity contribution in [1.29, 1.82) is 0 Å². The molecular weight excluding hydrogens is 172 g/mol. The maximum atomic E-state index is 3.70. The summed E-state index contributed by atoms with van der Waals surface area (Å²) in [6.07, 6.45) is 9.67. The van der Waals surface area contributed by atoms with Gasteiger partial charge in [0.1, 0.15) is 0 Å². The van der Waals surface area contributed by atoms with Crippen LogP contribution in [0, 0.1) is 0 Å². The van der Waals surface area contributed by atoms with Gasteiger partial charge in [-0.1, -0.05) is 6.92 Å². The van der Waals surface area contributed by atoms with Crippen LogP contribution >= 0.6 is 0 Å². The molecule has 1 aromatic heterocycles. The summed E-state index contributed by atoms with van der Waals surface area (Å²) in [4.78, 5) is 0. The molecule has 0 unspecified atom stereocenters. The molecule has 0 aliphatic heterocycles. The molecule has 1 saturated carbocycles. The smallest absolute Gasteiger partial charge is 0.0225 e. The Balaban J connectivity index is 1.87. The molecule has 0 saturated heterocycles. The van der Waals surface area contributed by atoms with Crippen LogP contribution in [0.1, 0.15) is 38.2 Å². The minimum atomic E-state index is 0.468. The van der Waals surface area contributed by atoms with Gasteiger partial charge in [-0.25, -0.2) is 0 Å². The highest BCUT2D eigenvalue weighted by atomic mass is 15.0. The molecule has 1 N–H and O–H groups in total. The van der Waals surface area contributed by atoms with E-state index in [1.54, 1.807) is 0 Å². The van der Waals surface area contributed by atoms with Crippen molar-refractivity contribution in [2.45, 2.75) is 44.7 Å². The van der Waals surface area contributed by atoms with Gasteiger partial charge in [0.15, 0.2) is 0 Å². The van der Waals surface area contributed by atoms with Crippen molar-refractivity contribution in [2.75, 3.05) is 0 Å².